The molecular formula is C30H72N2O12Si4. The maximum atomic E-state index is 7.85. The molecule has 0 aromatic rings. The van der Waals surface area contributed by atoms with Crippen molar-refractivity contribution >= 4 is 35.2 Å². The van der Waals surface area contributed by atoms with E-state index in [1.807, 2.05) is 0 Å². The quantitative estimate of drug-likeness (QED) is 0.0713. The largest absolute Gasteiger partial charge is 0.500 e. The van der Waals surface area contributed by atoms with E-state index >= 15 is 0 Å². The minimum Gasteiger partial charge on any atom is -0.377 e. The van der Waals surface area contributed by atoms with Gasteiger partial charge >= 0.3 is 35.2 Å². The van der Waals surface area contributed by atoms with E-state index in [9.17, 15) is 0 Å². The van der Waals surface area contributed by atoms with Gasteiger partial charge in [-0.15, -0.1) is 0 Å². The predicted octanol–water partition coefficient (Wildman–Crippen LogP) is 4.43. The van der Waals surface area contributed by atoms with Crippen LogP contribution in [0.15, 0.2) is 0 Å². The van der Waals surface area contributed by atoms with Crippen molar-refractivity contribution < 1.29 is 53.1 Å². The van der Waals surface area contributed by atoms with Crippen molar-refractivity contribution in [2.75, 3.05) is 91.9 Å². The molecule has 290 valence electrons. The number of hydrogen-bond donors (Lipinski definition) is 2. The Balaban J connectivity index is 7.01. The lowest BCUT2D eigenvalue weighted by Crippen LogP contribution is -2.57. The van der Waals surface area contributed by atoms with Crippen LogP contribution in [0.4, 0.5) is 0 Å². The van der Waals surface area contributed by atoms with Crippen molar-refractivity contribution in [2.24, 2.45) is 16.9 Å². The van der Waals surface area contributed by atoms with E-state index in [2.05, 4.69) is 0 Å². The molecule has 0 spiro atoms. The normalized spacial score (nSPS) is 13.9. The Morgan fingerprint density at radius 2 is 0.583 bits per heavy atom. The Morgan fingerprint density at radius 1 is 0.354 bits per heavy atom. The molecule has 0 unspecified atom stereocenters. The first kappa shape index (κ1) is 48.3. The van der Waals surface area contributed by atoms with E-state index in [4.69, 9.17) is 64.6 Å². The molecule has 0 rings (SSSR count). The monoisotopic (exact) mass is 764 g/mol. The van der Waals surface area contributed by atoms with Crippen molar-refractivity contribution in [1.82, 2.24) is 0 Å². The summed E-state index contributed by atoms with van der Waals surface area (Å²) < 4.78 is 69.6. The molecule has 0 amide bonds. The summed E-state index contributed by atoms with van der Waals surface area (Å²) in [6.07, 6.45) is 9.01. The second-order valence-corrected chi connectivity index (χ2v) is 24.6. The van der Waals surface area contributed by atoms with Crippen molar-refractivity contribution in [1.29, 1.82) is 0 Å². The maximum Gasteiger partial charge on any atom is 0.500 e. The zero-order valence-corrected chi connectivity index (χ0v) is 36.4. The summed E-state index contributed by atoms with van der Waals surface area (Å²) in [5, 5.41) is 0. The van der Waals surface area contributed by atoms with E-state index in [1.54, 1.807) is 85.3 Å². The third kappa shape index (κ3) is 13.7. The van der Waals surface area contributed by atoms with Crippen LogP contribution in [-0.4, -0.2) is 133 Å². The number of unbranched alkanes of at least 4 members (excludes halogenated alkanes) is 1. The van der Waals surface area contributed by atoms with Gasteiger partial charge in [-0.2, -0.15) is 0 Å². The fraction of sp³-hybridized carbons (Fsp3) is 1.00. The van der Waals surface area contributed by atoms with Crippen molar-refractivity contribution in [3.63, 3.8) is 0 Å². The van der Waals surface area contributed by atoms with Gasteiger partial charge in [0.25, 0.3) is 0 Å². The van der Waals surface area contributed by atoms with Gasteiger partial charge in [-0.1, -0.05) is 6.42 Å². The standard InChI is InChI=1S/C30H72N2O12Si4/c1-33-45(34-2,35-3)25-15-20-29(19-13-14-24-31,21-16-26-46(36-4,37-5)38-6)30(32,22-17-27-47(39-7,40-8)41-9)23-18-28-48(42-10,43-11)44-12/h13-28,31-32H2,1-12H3. The molecule has 0 radical (unpaired) electrons. The van der Waals surface area contributed by atoms with Gasteiger partial charge in [0, 0.05) is 115 Å². The van der Waals surface area contributed by atoms with Crippen molar-refractivity contribution in [2.45, 2.75) is 100 Å². The first-order valence-corrected chi connectivity index (χ1v) is 24.7. The molecule has 0 heterocycles. The molecular weight excluding hydrogens is 693 g/mol. The van der Waals surface area contributed by atoms with E-state index in [0.717, 1.165) is 70.6 Å². The van der Waals surface area contributed by atoms with Crippen LogP contribution in [0.5, 0.6) is 0 Å². The lowest BCUT2D eigenvalue weighted by Gasteiger charge is -2.51. The summed E-state index contributed by atoms with van der Waals surface area (Å²) in [6, 6.07) is 2.61. The summed E-state index contributed by atoms with van der Waals surface area (Å²) in [4.78, 5) is 0. The lowest BCUT2D eigenvalue weighted by molar-refractivity contribution is 0.0488. The van der Waals surface area contributed by atoms with Gasteiger partial charge in [0.15, 0.2) is 0 Å². The zero-order chi connectivity index (χ0) is 36.8. The molecule has 0 atom stereocenters. The maximum absolute atomic E-state index is 7.85. The van der Waals surface area contributed by atoms with E-state index < -0.39 is 40.8 Å². The van der Waals surface area contributed by atoms with E-state index in [1.165, 1.54) is 0 Å². The second-order valence-electron chi connectivity index (χ2n) is 12.3. The van der Waals surface area contributed by atoms with Crippen LogP contribution in [0.2, 0.25) is 24.2 Å². The topological polar surface area (TPSA) is 163 Å². The molecule has 4 N–H and O–H groups in total. The van der Waals surface area contributed by atoms with Gasteiger partial charge in [-0.05, 0) is 76.2 Å². The summed E-state index contributed by atoms with van der Waals surface area (Å²) in [7, 11) is 8.48. The zero-order valence-electron chi connectivity index (χ0n) is 32.4. The third-order valence-corrected chi connectivity index (χ3v) is 21.7. The lowest BCUT2D eigenvalue weighted by atomic mass is 9.59. The Kier molecular flexibility index (Phi) is 24.7. The van der Waals surface area contributed by atoms with Crippen LogP contribution in [0.3, 0.4) is 0 Å². The first-order valence-electron chi connectivity index (χ1n) is 17.0. The highest BCUT2D eigenvalue weighted by Crippen LogP contribution is 2.50. The SMILES string of the molecule is CO[Si](CCCC(N)(CCC[Si](OC)(OC)OC)C(CCCCN)(CCC[Si](OC)(OC)OC)CCC[Si](OC)(OC)OC)(OC)OC. The molecule has 0 aliphatic rings. The van der Waals surface area contributed by atoms with Gasteiger partial charge in [-0.3, -0.25) is 0 Å². The molecule has 14 nitrogen and oxygen atoms in total. The molecule has 18 heteroatoms. The molecule has 0 aliphatic carbocycles. The molecule has 0 aromatic carbocycles. The van der Waals surface area contributed by atoms with E-state index in [0.29, 0.717) is 30.7 Å². The van der Waals surface area contributed by atoms with Crippen LogP contribution in [-0.2, 0) is 53.1 Å². The van der Waals surface area contributed by atoms with Gasteiger partial charge < -0.3 is 64.6 Å². The highest BCUT2D eigenvalue weighted by Gasteiger charge is 2.50. The van der Waals surface area contributed by atoms with Crippen LogP contribution in [0.25, 0.3) is 0 Å². The summed E-state index contributed by atoms with van der Waals surface area (Å²) in [6.45, 7) is 0.612. The summed E-state index contributed by atoms with van der Waals surface area (Å²) in [5.74, 6) is 0. The Hall–Kier alpha value is 0.308. The molecule has 0 aliphatic heterocycles. The Morgan fingerprint density at radius 3 is 0.812 bits per heavy atom. The highest BCUT2D eigenvalue weighted by molar-refractivity contribution is 6.61. The van der Waals surface area contributed by atoms with Gasteiger partial charge in [0.1, 0.15) is 0 Å². The molecule has 48 heavy (non-hydrogen) atoms. The smallest absolute Gasteiger partial charge is 0.377 e. The molecule has 0 fully saturated rings. The molecule has 0 saturated carbocycles. The predicted molar refractivity (Wildman–Crippen MR) is 196 cm³/mol. The average Bonchev–Trinajstić information content (AvgIpc) is 3.13. The van der Waals surface area contributed by atoms with Crippen molar-refractivity contribution in [3.05, 3.63) is 0 Å². The third-order valence-electron chi connectivity index (χ3n) is 10.4. The molecule has 0 saturated heterocycles. The summed E-state index contributed by atoms with van der Waals surface area (Å²) in [5.41, 5.74) is 13.0. The molecule has 0 aromatic heterocycles. The van der Waals surface area contributed by atoms with Gasteiger partial charge in [0.05, 0.1) is 0 Å². The molecule has 0 bridgehead atoms. The number of hydrogen-bond acceptors (Lipinski definition) is 14. The fourth-order valence-corrected chi connectivity index (χ4v) is 14.0. The average molecular weight is 765 g/mol. The first-order chi connectivity index (χ1) is 22.9. The number of nitrogens with two attached hydrogens (primary N) is 2. The van der Waals surface area contributed by atoms with Crippen LogP contribution < -0.4 is 11.5 Å². The van der Waals surface area contributed by atoms with Crippen LogP contribution in [0, 0.1) is 5.41 Å². The van der Waals surface area contributed by atoms with Gasteiger partial charge in [-0.25, -0.2) is 0 Å². The van der Waals surface area contributed by atoms with Crippen LogP contribution >= 0.6 is 0 Å². The Labute approximate surface area is 296 Å². The summed E-state index contributed by atoms with van der Waals surface area (Å²) >= 11 is 0. The fourth-order valence-electron chi connectivity index (χ4n) is 7.14. The number of rotatable bonds is 33. The second kappa shape index (κ2) is 24.5. The van der Waals surface area contributed by atoms with Gasteiger partial charge in [0.2, 0.25) is 0 Å². The van der Waals surface area contributed by atoms with E-state index in [-0.39, 0.29) is 5.41 Å². The van der Waals surface area contributed by atoms with Crippen molar-refractivity contribution in [3.8, 4) is 0 Å². The minimum absolute atomic E-state index is 0.304. The minimum atomic E-state index is -2.83. The van der Waals surface area contributed by atoms with Crippen LogP contribution in [0.1, 0.15) is 70.6 Å². The Bertz CT molecular complexity index is 723. The highest BCUT2D eigenvalue weighted by atomic mass is 28.4.